The zero-order chi connectivity index (χ0) is 12.7. The molecule has 1 unspecified atom stereocenters. The molecule has 0 aliphatic carbocycles. The largest absolute Gasteiger partial charge is 0.481 e. The number of carboxylic acids is 2. The van der Waals surface area contributed by atoms with Gasteiger partial charge >= 0.3 is 11.9 Å². The lowest BCUT2D eigenvalue weighted by Crippen LogP contribution is -2.34. The molecule has 5 heteroatoms. The molecule has 0 fully saturated rings. The summed E-state index contributed by atoms with van der Waals surface area (Å²) in [6.07, 6.45) is 0.0135. The molecule has 0 rings (SSSR count). The Kier molecular flexibility index (Phi) is 6.41. The highest BCUT2D eigenvalue weighted by atomic mass is 16.4. The van der Waals surface area contributed by atoms with E-state index in [0.717, 1.165) is 5.57 Å². The fourth-order valence-corrected chi connectivity index (χ4v) is 1.34. The van der Waals surface area contributed by atoms with E-state index in [2.05, 4.69) is 6.58 Å². The van der Waals surface area contributed by atoms with Crippen LogP contribution in [0.2, 0.25) is 0 Å². The van der Waals surface area contributed by atoms with Crippen molar-refractivity contribution in [1.82, 2.24) is 4.90 Å². The average molecular weight is 229 g/mol. The van der Waals surface area contributed by atoms with Gasteiger partial charge in [0.2, 0.25) is 0 Å². The van der Waals surface area contributed by atoms with Gasteiger partial charge in [0.25, 0.3) is 0 Å². The third-order valence-corrected chi connectivity index (χ3v) is 2.09. The zero-order valence-electron chi connectivity index (χ0n) is 9.77. The predicted molar refractivity (Wildman–Crippen MR) is 60.3 cm³/mol. The fraction of sp³-hybridized carbons (Fsp3) is 0.636. The summed E-state index contributed by atoms with van der Waals surface area (Å²) < 4.78 is 0. The van der Waals surface area contributed by atoms with E-state index in [9.17, 15) is 9.59 Å². The monoisotopic (exact) mass is 229 g/mol. The van der Waals surface area contributed by atoms with Crippen molar-refractivity contribution in [3.63, 3.8) is 0 Å². The second-order valence-corrected chi connectivity index (χ2v) is 4.08. The molecule has 5 nitrogen and oxygen atoms in total. The average Bonchev–Trinajstić information content (AvgIpc) is 2.12. The standard InChI is InChI=1S/C11H19NO4/c1-8(2)6-12(5-4-10(13)14)7-9(3)11(15)16/h9H,1,4-7H2,2-3H3,(H,13,14)(H,15,16). The normalized spacial score (nSPS) is 12.4. The molecule has 0 bridgehead atoms. The molecule has 0 aliphatic rings. The molecule has 92 valence electrons. The Morgan fingerprint density at radius 2 is 1.94 bits per heavy atom. The molecule has 0 radical (unpaired) electrons. The van der Waals surface area contributed by atoms with Crippen molar-refractivity contribution in [3.05, 3.63) is 12.2 Å². The van der Waals surface area contributed by atoms with Gasteiger partial charge in [0.05, 0.1) is 12.3 Å². The van der Waals surface area contributed by atoms with Gasteiger partial charge in [-0.1, -0.05) is 19.1 Å². The van der Waals surface area contributed by atoms with E-state index in [1.165, 1.54) is 0 Å². The van der Waals surface area contributed by atoms with Crippen molar-refractivity contribution >= 4 is 11.9 Å². The molecule has 0 spiro atoms. The number of nitrogens with zero attached hydrogens (tertiary/aromatic N) is 1. The van der Waals surface area contributed by atoms with Crippen LogP contribution >= 0.6 is 0 Å². The van der Waals surface area contributed by atoms with Crippen molar-refractivity contribution in [1.29, 1.82) is 0 Å². The number of carbonyl (C=O) groups is 2. The molecule has 0 aromatic heterocycles. The Hall–Kier alpha value is -1.36. The van der Waals surface area contributed by atoms with Gasteiger partial charge in [-0.05, 0) is 6.92 Å². The fourth-order valence-electron chi connectivity index (χ4n) is 1.34. The zero-order valence-corrected chi connectivity index (χ0v) is 9.77. The second-order valence-electron chi connectivity index (χ2n) is 4.08. The topological polar surface area (TPSA) is 77.8 Å². The van der Waals surface area contributed by atoms with E-state index in [0.29, 0.717) is 19.6 Å². The van der Waals surface area contributed by atoms with Crippen LogP contribution in [0.15, 0.2) is 12.2 Å². The molecule has 0 aliphatic heterocycles. The molecule has 0 aromatic carbocycles. The number of aliphatic carboxylic acids is 2. The van der Waals surface area contributed by atoms with Crippen molar-refractivity contribution in [3.8, 4) is 0 Å². The molecule has 1 atom stereocenters. The predicted octanol–water partition coefficient (Wildman–Crippen LogP) is 1.06. The van der Waals surface area contributed by atoms with Crippen LogP contribution in [-0.2, 0) is 9.59 Å². The first-order valence-corrected chi connectivity index (χ1v) is 5.14. The van der Waals surface area contributed by atoms with Gasteiger partial charge in [-0.2, -0.15) is 0 Å². The van der Waals surface area contributed by atoms with Crippen molar-refractivity contribution < 1.29 is 19.8 Å². The Morgan fingerprint density at radius 1 is 1.38 bits per heavy atom. The molecular weight excluding hydrogens is 210 g/mol. The van der Waals surface area contributed by atoms with Crippen molar-refractivity contribution in [2.24, 2.45) is 5.92 Å². The van der Waals surface area contributed by atoms with Gasteiger partial charge in [0.15, 0.2) is 0 Å². The summed E-state index contributed by atoms with van der Waals surface area (Å²) in [5.41, 5.74) is 0.892. The van der Waals surface area contributed by atoms with E-state index in [1.54, 1.807) is 11.8 Å². The lowest BCUT2D eigenvalue weighted by Gasteiger charge is -2.23. The molecule has 16 heavy (non-hydrogen) atoms. The van der Waals surface area contributed by atoms with Crippen LogP contribution in [0.3, 0.4) is 0 Å². The van der Waals surface area contributed by atoms with Gasteiger partial charge < -0.3 is 10.2 Å². The van der Waals surface area contributed by atoms with Crippen LogP contribution in [-0.4, -0.2) is 46.7 Å². The van der Waals surface area contributed by atoms with E-state index in [1.807, 2.05) is 6.92 Å². The molecule has 0 saturated heterocycles. The Bertz CT molecular complexity index is 275. The summed E-state index contributed by atoms with van der Waals surface area (Å²) in [7, 11) is 0. The van der Waals surface area contributed by atoms with E-state index in [4.69, 9.17) is 10.2 Å². The van der Waals surface area contributed by atoms with Crippen LogP contribution in [0.5, 0.6) is 0 Å². The third-order valence-electron chi connectivity index (χ3n) is 2.09. The Labute approximate surface area is 95.4 Å². The quantitative estimate of drug-likeness (QED) is 0.608. The summed E-state index contributed by atoms with van der Waals surface area (Å²) in [6, 6.07) is 0. The van der Waals surface area contributed by atoms with Crippen LogP contribution in [0, 0.1) is 5.92 Å². The van der Waals surface area contributed by atoms with Gasteiger partial charge in [-0.3, -0.25) is 14.5 Å². The Balaban J connectivity index is 4.24. The molecule has 0 saturated carbocycles. The molecule has 0 amide bonds. The first kappa shape index (κ1) is 14.6. The Morgan fingerprint density at radius 3 is 2.31 bits per heavy atom. The summed E-state index contributed by atoms with van der Waals surface area (Å²) in [4.78, 5) is 22.9. The first-order chi connectivity index (χ1) is 7.32. The second kappa shape index (κ2) is 7.00. The summed E-state index contributed by atoms with van der Waals surface area (Å²) in [5, 5.41) is 17.4. The minimum Gasteiger partial charge on any atom is -0.481 e. The number of rotatable bonds is 8. The SMILES string of the molecule is C=C(C)CN(CCC(=O)O)CC(C)C(=O)O. The molecule has 0 heterocycles. The molecule has 0 aromatic rings. The third kappa shape index (κ3) is 7.00. The number of hydrogen-bond donors (Lipinski definition) is 2. The molecule has 2 N–H and O–H groups in total. The van der Waals surface area contributed by atoms with Crippen LogP contribution in [0.1, 0.15) is 20.3 Å². The highest BCUT2D eigenvalue weighted by molar-refractivity contribution is 5.69. The smallest absolute Gasteiger partial charge is 0.307 e. The summed E-state index contributed by atoms with van der Waals surface area (Å²) in [5.74, 6) is -2.26. The lowest BCUT2D eigenvalue weighted by atomic mass is 10.1. The van der Waals surface area contributed by atoms with Gasteiger partial charge in [0, 0.05) is 19.6 Å². The van der Waals surface area contributed by atoms with Crippen molar-refractivity contribution in [2.45, 2.75) is 20.3 Å². The van der Waals surface area contributed by atoms with Gasteiger partial charge in [0.1, 0.15) is 0 Å². The number of carboxylic acid groups (broad SMARTS) is 2. The van der Waals surface area contributed by atoms with E-state index >= 15 is 0 Å². The lowest BCUT2D eigenvalue weighted by molar-refractivity contribution is -0.141. The maximum absolute atomic E-state index is 10.7. The maximum Gasteiger partial charge on any atom is 0.307 e. The van der Waals surface area contributed by atoms with Gasteiger partial charge in [-0.15, -0.1) is 0 Å². The van der Waals surface area contributed by atoms with E-state index < -0.39 is 17.9 Å². The molecular formula is C11H19NO4. The summed E-state index contributed by atoms with van der Waals surface area (Å²) in [6.45, 7) is 8.40. The minimum absolute atomic E-state index is 0.0135. The van der Waals surface area contributed by atoms with E-state index in [-0.39, 0.29) is 6.42 Å². The summed E-state index contributed by atoms with van der Waals surface area (Å²) >= 11 is 0. The highest BCUT2D eigenvalue weighted by Gasteiger charge is 2.16. The first-order valence-electron chi connectivity index (χ1n) is 5.14. The van der Waals surface area contributed by atoms with Crippen LogP contribution in [0.4, 0.5) is 0 Å². The van der Waals surface area contributed by atoms with Crippen molar-refractivity contribution in [2.75, 3.05) is 19.6 Å². The number of hydrogen-bond acceptors (Lipinski definition) is 3. The maximum atomic E-state index is 10.7. The van der Waals surface area contributed by atoms with Crippen LogP contribution in [0.25, 0.3) is 0 Å². The minimum atomic E-state index is -0.880. The van der Waals surface area contributed by atoms with Crippen LogP contribution < -0.4 is 0 Å². The highest BCUT2D eigenvalue weighted by Crippen LogP contribution is 2.04. The van der Waals surface area contributed by atoms with Gasteiger partial charge in [-0.25, -0.2) is 0 Å².